The lowest BCUT2D eigenvalue weighted by Gasteiger charge is -2.22. The van der Waals surface area contributed by atoms with Gasteiger partial charge < -0.3 is 4.90 Å². The summed E-state index contributed by atoms with van der Waals surface area (Å²) in [6, 6.07) is 0. The molecule has 3 heteroatoms. The van der Waals surface area contributed by atoms with Crippen LogP contribution in [0.4, 0.5) is 0 Å². The molecule has 0 aromatic rings. The largest absolute Gasteiger partial charge is 0.381 e. The summed E-state index contributed by atoms with van der Waals surface area (Å²) < 4.78 is 0. The smallest absolute Gasteiger partial charge is 0.0187 e. The SMILES string of the molecule is C=CN(C)CCCCCCCCN(CCCCCCCS)CC(=C)C. The number of rotatable bonds is 19. The van der Waals surface area contributed by atoms with Crippen molar-refractivity contribution >= 4 is 12.6 Å². The van der Waals surface area contributed by atoms with Gasteiger partial charge in [-0.05, 0) is 57.6 Å². The maximum atomic E-state index is 4.28. The van der Waals surface area contributed by atoms with E-state index in [4.69, 9.17) is 0 Å². The molecule has 0 aromatic carbocycles. The minimum Gasteiger partial charge on any atom is -0.381 e. The lowest BCUT2D eigenvalue weighted by Crippen LogP contribution is -2.27. The van der Waals surface area contributed by atoms with Gasteiger partial charge in [0.2, 0.25) is 0 Å². The van der Waals surface area contributed by atoms with Gasteiger partial charge in [-0.1, -0.05) is 63.7 Å². The standard InChI is InChI=1S/C22H44N2S/c1-5-23(4)17-13-9-6-7-10-14-18-24(21-22(2)3)19-15-11-8-12-16-20-25/h5,25H,1-2,6-21H2,3-4H3. The van der Waals surface area contributed by atoms with E-state index < -0.39 is 0 Å². The third kappa shape index (κ3) is 18.2. The summed E-state index contributed by atoms with van der Waals surface area (Å²) in [5.41, 5.74) is 1.29. The number of hydrogen-bond acceptors (Lipinski definition) is 3. The highest BCUT2D eigenvalue weighted by Crippen LogP contribution is 2.10. The first kappa shape index (κ1) is 24.6. The Morgan fingerprint density at radius 2 is 1.24 bits per heavy atom. The van der Waals surface area contributed by atoms with E-state index in [1.165, 1.54) is 89.3 Å². The second-order valence-corrected chi connectivity index (χ2v) is 7.96. The van der Waals surface area contributed by atoms with Gasteiger partial charge in [0.1, 0.15) is 0 Å². The molecule has 0 aliphatic rings. The van der Waals surface area contributed by atoms with Crippen LogP contribution in [0.2, 0.25) is 0 Å². The predicted molar refractivity (Wildman–Crippen MR) is 119 cm³/mol. The number of unbranched alkanes of at least 4 members (excludes halogenated alkanes) is 9. The Hall–Kier alpha value is -0.410. The van der Waals surface area contributed by atoms with Crippen molar-refractivity contribution < 1.29 is 0 Å². The van der Waals surface area contributed by atoms with Crippen molar-refractivity contribution in [2.45, 2.75) is 77.6 Å². The van der Waals surface area contributed by atoms with Crippen molar-refractivity contribution in [3.63, 3.8) is 0 Å². The Labute approximate surface area is 164 Å². The lowest BCUT2D eigenvalue weighted by molar-refractivity contribution is 0.280. The van der Waals surface area contributed by atoms with Gasteiger partial charge in [-0.25, -0.2) is 0 Å². The molecule has 0 aliphatic heterocycles. The number of nitrogens with zero attached hydrogens (tertiary/aromatic N) is 2. The average molecular weight is 369 g/mol. The zero-order valence-corrected chi connectivity index (χ0v) is 18.0. The Morgan fingerprint density at radius 3 is 1.68 bits per heavy atom. The van der Waals surface area contributed by atoms with Crippen LogP contribution in [0.5, 0.6) is 0 Å². The van der Waals surface area contributed by atoms with Crippen LogP contribution in [0.1, 0.15) is 77.6 Å². The molecule has 0 saturated heterocycles. The highest BCUT2D eigenvalue weighted by Gasteiger charge is 2.05. The first-order valence-electron chi connectivity index (χ1n) is 10.4. The monoisotopic (exact) mass is 368 g/mol. The Bertz CT molecular complexity index is 317. The van der Waals surface area contributed by atoms with Gasteiger partial charge in [-0.2, -0.15) is 12.6 Å². The Morgan fingerprint density at radius 1 is 0.800 bits per heavy atom. The molecule has 0 heterocycles. The fourth-order valence-electron chi connectivity index (χ4n) is 3.12. The molecular formula is C22H44N2S. The molecule has 2 nitrogen and oxygen atoms in total. The van der Waals surface area contributed by atoms with Crippen LogP contribution < -0.4 is 0 Å². The van der Waals surface area contributed by atoms with Crippen LogP contribution >= 0.6 is 12.6 Å². The molecule has 0 radical (unpaired) electrons. The normalized spacial score (nSPS) is 11.0. The average Bonchev–Trinajstić information content (AvgIpc) is 2.59. The van der Waals surface area contributed by atoms with Gasteiger partial charge in [0.15, 0.2) is 0 Å². The lowest BCUT2D eigenvalue weighted by atomic mass is 10.1. The third-order valence-corrected chi connectivity index (χ3v) is 4.99. The van der Waals surface area contributed by atoms with Crippen LogP contribution in [0.15, 0.2) is 24.9 Å². The third-order valence-electron chi connectivity index (χ3n) is 4.67. The molecule has 0 fully saturated rings. The van der Waals surface area contributed by atoms with Crippen molar-refractivity contribution in [2.75, 3.05) is 39.0 Å². The van der Waals surface area contributed by atoms with E-state index in [0.29, 0.717) is 0 Å². The predicted octanol–water partition coefficient (Wildman–Crippen LogP) is 6.16. The summed E-state index contributed by atoms with van der Waals surface area (Å²) >= 11 is 4.28. The first-order valence-corrected chi connectivity index (χ1v) is 11.0. The number of hydrogen-bond donors (Lipinski definition) is 1. The number of thiol groups is 1. The van der Waals surface area contributed by atoms with Crippen LogP contribution in [0, 0.1) is 0 Å². The van der Waals surface area contributed by atoms with Gasteiger partial charge in [-0.3, -0.25) is 4.90 Å². The molecule has 0 rings (SSSR count). The van der Waals surface area contributed by atoms with E-state index in [-0.39, 0.29) is 0 Å². The molecule has 0 unspecified atom stereocenters. The molecule has 0 amide bonds. The Balaban J connectivity index is 3.64. The zero-order chi connectivity index (χ0) is 18.8. The summed E-state index contributed by atoms with van der Waals surface area (Å²) in [5, 5.41) is 0. The quantitative estimate of drug-likeness (QED) is 0.166. The van der Waals surface area contributed by atoms with Gasteiger partial charge >= 0.3 is 0 Å². The van der Waals surface area contributed by atoms with Gasteiger partial charge in [-0.15, -0.1) is 0 Å². The molecular weight excluding hydrogens is 324 g/mol. The van der Waals surface area contributed by atoms with E-state index in [1.807, 2.05) is 6.20 Å². The van der Waals surface area contributed by atoms with E-state index in [9.17, 15) is 0 Å². The van der Waals surface area contributed by atoms with Crippen molar-refractivity contribution in [2.24, 2.45) is 0 Å². The molecule has 0 saturated carbocycles. The van der Waals surface area contributed by atoms with E-state index in [0.717, 1.165) is 18.8 Å². The maximum absolute atomic E-state index is 4.28. The van der Waals surface area contributed by atoms with E-state index >= 15 is 0 Å². The molecule has 0 aromatic heterocycles. The fraction of sp³-hybridized carbons (Fsp3) is 0.818. The minimum atomic E-state index is 1.03. The second kappa shape index (κ2) is 18.4. The summed E-state index contributed by atoms with van der Waals surface area (Å²) in [7, 11) is 2.10. The molecule has 148 valence electrons. The van der Waals surface area contributed by atoms with Gasteiger partial charge in [0, 0.05) is 20.1 Å². The maximum Gasteiger partial charge on any atom is 0.0187 e. The summed E-state index contributed by atoms with van der Waals surface area (Å²) in [4.78, 5) is 4.79. The van der Waals surface area contributed by atoms with Crippen molar-refractivity contribution in [1.29, 1.82) is 0 Å². The highest BCUT2D eigenvalue weighted by molar-refractivity contribution is 7.80. The van der Waals surface area contributed by atoms with Crippen LogP contribution in [0.25, 0.3) is 0 Å². The fourth-order valence-corrected chi connectivity index (χ4v) is 3.35. The molecule has 0 bridgehead atoms. The van der Waals surface area contributed by atoms with Crippen molar-refractivity contribution in [1.82, 2.24) is 9.80 Å². The molecule has 0 spiro atoms. The minimum absolute atomic E-state index is 1.03. The highest BCUT2D eigenvalue weighted by atomic mass is 32.1. The summed E-state index contributed by atoms with van der Waals surface area (Å²) in [6.45, 7) is 14.7. The van der Waals surface area contributed by atoms with Crippen LogP contribution in [-0.2, 0) is 0 Å². The molecule has 0 N–H and O–H groups in total. The molecule has 25 heavy (non-hydrogen) atoms. The second-order valence-electron chi connectivity index (χ2n) is 7.51. The topological polar surface area (TPSA) is 6.48 Å². The Kier molecular flexibility index (Phi) is 18.1. The molecule has 0 atom stereocenters. The van der Waals surface area contributed by atoms with Gasteiger partial charge in [0.05, 0.1) is 0 Å². The summed E-state index contributed by atoms with van der Waals surface area (Å²) in [5.74, 6) is 1.03. The zero-order valence-electron chi connectivity index (χ0n) is 17.1. The van der Waals surface area contributed by atoms with Crippen LogP contribution in [0.3, 0.4) is 0 Å². The first-order chi connectivity index (χ1) is 12.1. The molecule has 0 aliphatic carbocycles. The summed E-state index contributed by atoms with van der Waals surface area (Å²) in [6.07, 6.45) is 16.7. The van der Waals surface area contributed by atoms with Crippen molar-refractivity contribution in [3.8, 4) is 0 Å². The van der Waals surface area contributed by atoms with Gasteiger partial charge in [0.25, 0.3) is 0 Å². The van der Waals surface area contributed by atoms with Crippen LogP contribution in [-0.4, -0.2) is 48.8 Å². The van der Waals surface area contributed by atoms with E-state index in [1.54, 1.807) is 0 Å². The van der Waals surface area contributed by atoms with Crippen molar-refractivity contribution in [3.05, 3.63) is 24.9 Å². The van der Waals surface area contributed by atoms with E-state index in [2.05, 4.69) is 49.6 Å².